The number of hydrogen-bond acceptors (Lipinski definition) is 6. The molecule has 1 aromatic carbocycles. The Labute approximate surface area is 166 Å². The number of fused-ring (bicyclic) bond motifs is 1. The third-order valence-corrected chi connectivity index (χ3v) is 4.33. The molecule has 0 atom stereocenters. The molecule has 0 radical (unpaired) electrons. The van der Waals surface area contributed by atoms with Crippen molar-refractivity contribution in [3.05, 3.63) is 83.4 Å². The molecule has 2 aromatic heterocycles. The first-order chi connectivity index (χ1) is 14.2. The fraction of sp³-hybridized carbons (Fsp3) is 0.143. The van der Waals surface area contributed by atoms with Crippen molar-refractivity contribution in [2.75, 3.05) is 6.79 Å². The summed E-state index contributed by atoms with van der Waals surface area (Å²) in [6.07, 6.45) is 6.19. The van der Waals surface area contributed by atoms with E-state index in [9.17, 15) is 9.59 Å². The van der Waals surface area contributed by atoms with Crippen molar-refractivity contribution in [1.82, 2.24) is 20.6 Å². The van der Waals surface area contributed by atoms with Gasteiger partial charge in [0.1, 0.15) is 0 Å². The van der Waals surface area contributed by atoms with E-state index in [0.717, 1.165) is 11.1 Å². The Kier molecular flexibility index (Phi) is 5.33. The second kappa shape index (κ2) is 8.39. The van der Waals surface area contributed by atoms with Gasteiger partial charge in [0.05, 0.1) is 11.1 Å². The van der Waals surface area contributed by atoms with E-state index in [1.165, 1.54) is 18.5 Å². The number of carbonyl (C=O) groups is 2. The number of pyridine rings is 2. The van der Waals surface area contributed by atoms with Gasteiger partial charge in [0, 0.05) is 37.9 Å². The van der Waals surface area contributed by atoms with E-state index in [4.69, 9.17) is 9.47 Å². The zero-order valence-electron chi connectivity index (χ0n) is 15.4. The van der Waals surface area contributed by atoms with Gasteiger partial charge in [0.15, 0.2) is 11.5 Å². The van der Waals surface area contributed by atoms with Crippen molar-refractivity contribution in [2.45, 2.75) is 13.1 Å². The predicted octanol–water partition coefficient (Wildman–Crippen LogP) is 2.07. The van der Waals surface area contributed by atoms with Crippen LogP contribution in [0, 0.1) is 0 Å². The van der Waals surface area contributed by atoms with E-state index in [-0.39, 0.29) is 18.6 Å². The fourth-order valence-corrected chi connectivity index (χ4v) is 2.81. The lowest BCUT2D eigenvalue weighted by atomic mass is 10.1. The molecule has 1 aliphatic heterocycles. The number of benzene rings is 1. The molecule has 2 amide bonds. The molecule has 3 heterocycles. The molecule has 0 spiro atoms. The number of ether oxygens (including phenoxy) is 2. The Bertz CT molecular complexity index is 1040. The number of carbonyl (C=O) groups excluding carboxylic acids is 2. The molecule has 8 nitrogen and oxygen atoms in total. The standard InChI is InChI=1S/C21H18N4O4/c26-20(24-9-14-3-4-18-19(6-14)29-13-28-18)16-7-17(12-23-11-16)21(27)25-10-15-2-1-5-22-8-15/h1-8,11-12H,9-10,13H2,(H,24,26)(H,25,27). The van der Waals surface area contributed by atoms with Crippen LogP contribution in [0.3, 0.4) is 0 Å². The summed E-state index contributed by atoms with van der Waals surface area (Å²) in [7, 11) is 0. The van der Waals surface area contributed by atoms with Crippen LogP contribution >= 0.6 is 0 Å². The van der Waals surface area contributed by atoms with Crippen LogP contribution in [0.1, 0.15) is 31.8 Å². The summed E-state index contributed by atoms with van der Waals surface area (Å²) in [6.45, 7) is 0.854. The number of nitrogens with zero attached hydrogens (tertiary/aromatic N) is 2. The summed E-state index contributed by atoms with van der Waals surface area (Å²) in [5.41, 5.74) is 2.37. The normalized spacial score (nSPS) is 11.7. The largest absolute Gasteiger partial charge is 0.454 e. The van der Waals surface area contributed by atoms with Gasteiger partial charge in [-0.1, -0.05) is 12.1 Å². The van der Waals surface area contributed by atoms with Crippen LogP contribution in [0.4, 0.5) is 0 Å². The smallest absolute Gasteiger partial charge is 0.253 e. The molecule has 29 heavy (non-hydrogen) atoms. The van der Waals surface area contributed by atoms with Gasteiger partial charge in [0.2, 0.25) is 6.79 Å². The Hall–Kier alpha value is -3.94. The minimum absolute atomic E-state index is 0.201. The molecule has 146 valence electrons. The summed E-state index contributed by atoms with van der Waals surface area (Å²) in [5.74, 6) is 0.712. The highest BCUT2D eigenvalue weighted by Crippen LogP contribution is 2.32. The summed E-state index contributed by atoms with van der Waals surface area (Å²) < 4.78 is 10.6. The van der Waals surface area contributed by atoms with Crippen molar-refractivity contribution in [3.8, 4) is 11.5 Å². The van der Waals surface area contributed by atoms with Crippen LogP contribution in [0.25, 0.3) is 0 Å². The number of hydrogen-bond donors (Lipinski definition) is 2. The van der Waals surface area contributed by atoms with Crippen molar-refractivity contribution in [3.63, 3.8) is 0 Å². The molecular formula is C21H18N4O4. The number of nitrogens with one attached hydrogen (secondary N) is 2. The quantitative estimate of drug-likeness (QED) is 0.668. The number of rotatable bonds is 6. The third-order valence-electron chi connectivity index (χ3n) is 4.33. The van der Waals surface area contributed by atoms with Gasteiger partial charge in [0.25, 0.3) is 11.8 Å². The van der Waals surface area contributed by atoms with Crippen molar-refractivity contribution < 1.29 is 19.1 Å². The van der Waals surface area contributed by atoms with Gasteiger partial charge in [-0.05, 0) is 35.4 Å². The van der Waals surface area contributed by atoms with Gasteiger partial charge in [-0.25, -0.2) is 0 Å². The zero-order chi connectivity index (χ0) is 20.1. The molecule has 2 N–H and O–H groups in total. The first-order valence-corrected chi connectivity index (χ1v) is 8.98. The third kappa shape index (κ3) is 4.49. The Morgan fingerprint density at radius 1 is 0.828 bits per heavy atom. The highest BCUT2D eigenvalue weighted by Gasteiger charge is 2.14. The second-order valence-corrected chi connectivity index (χ2v) is 6.38. The van der Waals surface area contributed by atoms with Crippen LogP contribution < -0.4 is 20.1 Å². The van der Waals surface area contributed by atoms with Crippen LogP contribution in [0.15, 0.2) is 61.2 Å². The fourth-order valence-electron chi connectivity index (χ4n) is 2.81. The lowest BCUT2D eigenvalue weighted by Gasteiger charge is -2.08. The maximum absolute atomic E-state index is 12.5. The average molecular weight is 390 g/mol. The number of amides is 2. The molecular weight excluding hydrogens is 372 g/mol. The van der Waals surface area contributed by atoms with Crippen molar-refractivity contribution in [2.24, 2.45) is 0 Å². The molecule has 0 saturated heterocycles. The van der Waals surface area contributed by atoms with Gasteiger partial charge in [-0.15, -0.1) is 0 Å². The Morgan fingerprint density at radius 3 is 2.28 bits per heavy atom. The van der Waals surface area contributed by atoms with Gasteiger partial charge in [-0.3, -0.25) is 19.6 Å². The topological polar surface area (TPSA) is 102 Å². The zero-order valence-corrected chi connectivity index (χ0v) is 15.4. The lowest BCUT2D eigenvalue weighted by molar-refractivity contribution is 0.0950. The van der Waals surface area contributed by atoms with Crippen molar-refractivity contribution in [1.29, 1.82) is 0 Å². The summed E-state index contributed by atoms with van der Waals surface area (Å²) in [6, 6.07) is 10.7. The second-order valence-electron chi connectivity index (χ2n) is 6.38. The van der Waals surface area contributed by atoms with E-state index in [1.54, 1.807) is 24.5 Å². The summed E-state index contributed by atoms with van der Waals surface area (Å²) in [5, 5.41) is 5.60. The van der Waals surface area contributed by atoms with Gasteiger partial charge < -0.3 is 20.1 Å². The monoisotopic (exact) mass is 390 g/mol. The van der Waals surface area contributed by atoms with Crippen LogP contribution in [-0.2, 0) is 13.1 Å². The van der Waals surface area contributed by atoms with Gasteiger partial charge >= 0.3 is 0 Å². The predicted molar refractivity (Wildman–Crippen MR) is 103 cm³/mol. The molecule has 0 unspecified atom stereocenters. The van der Waals surface area contributed by atoms with E-state index < -0.39 is 0 Å². The molecule has 4 rings (SSSR count). The Balaban J connectivity index is 1.36. The highest BCUT2D eigenvalue weighted by molar-refractivity contribution is 5.99. The first kappa shape index (κ1) is 18.4. The first-order valence-electron chi connectivity index (χ1n) is 8.98. The van der Waals surface area contributed by atoms with Crippen molar-refractivity contribution >= 4 is 11.8 Å². The average Bonchev–Trinajstić information content (AvgIpc) is 3.24. The molecule has 3 aromatic rings. The molecule has 0 saturated carbocycles. The minimum atomic E-state index is -0.322. The minimum Gasteiger partial charge on any atom is -0.454 e. The van der Waals surface area contributed by atoms with E-state index in [2.05, 4.69) is 20.6 Å². The SMILES string of the molecule is O=C(NCc1cccnc1)c1cncc(C(=O)NCc2ccc3c(c2)OCO3)c1. The van der Waals surface area contributed by atoms with E-state index in [1.807, 2.05) is 18.2 Å². The summed E-state index contributed by atoms with van der Waals surface area (Å²) >= 11 is 0. The molecule has 1 aliphatic rings. The number of aromatic nitrogens is 2. The molecule has 0 aliphatic carbocycles. The highest BCUT2D eigenvalue weighted by atomic mass is 16.7. The van der Waals surface area contributed by atoms with E-state index >= 15 is 0 Å². The van der Waals surface area contributed by atoms with Crippen LogP contribution in [0.2, 0.25) is 0 Å². The summed E-state index contributed by atoms with van der Waals surface area (Å²) in [4.78, 5) is 32.8. The molecule has 0 fully saturated rings. The van der Waals surface area contributed by atoms with Crippen LogP contribution in [-0.4, -0.2) is 28.6 Å². The molecule has 8 heteroatoms. The van der Waals surface area contributed by atoms with Gasteiger partial charge in [-0.2, -0.15) is 0 Å². The molecule has 0 bridgehead atoms. The lowest BCUT2D eigenvalue weighted by Crippen LogP contribution is -2.25. The maximum Gasteiger partial charge on any atom is 0.253 e. The maximum atomic E-state index is 12.5. The van der Waals surface area contributed by atoms with E-state index in [0.29, 0.717) is 35.7 Å². The van der Waals surface area contributed by atoms with Crippen LogP contribution in [0.5, 0.6) is 11.5 Å². The Morgan fingerprint density at radius 2 is 1.55 bits per heavy atom.